The van der Waals surface area contributed by atoms with Crippen LogP contribution < -0.4 is 4.90 Å². The first kappa shape index (κ1) is 23.3. The van der Waals surface area contributed by atoms with Gasteiger partial charge in [-0.1, -0.05) is 13.8 Å². The predicted octanol–water partition coefficient (Wildman–Crippen LogP) is 3.77. The fraction of sp³-hybridized carbons (Fsp3) is 0.320. The molecule has 1 amide bonds. The largest absolute Gasteiger partial charge is 0.463 e. The summed E-state index contributed by atoms with van der Waals surface area (Å²) >= 11 is 0. The third kappa shape index (κ3) is 3.73. The second-order valence-electron chi connectivity index (χ2n) is 8.53. The van der Waals surface area contributed by atoms with Gasteiger partial charge in [0.25, 0.3) is 5.91 Å². The number of aromatic nitrogens is 3. The fourth-order valence-corrected chi connectivity index (χ4v) is 6.28. The van der Waals surface area contributed by atoms with Crippen LogP contribution in [0.2, 0.25) is 0 Å². The number of anilines is 1. The lowest BCUT2D eigenvalue weighted by molar-refractivity contribution is 0.0991. The van der Waals surface area contributed by atoms with Crippen LogP contribution >= 0.6 is 0 Å². The molecule has 35 heavy (non-hydrogen) atoms. The minimum atomic E-state index is -3.57. The fourth-order valence-electron chi connectivity index (χ4n) is 4.77. The van der Waals surface area contributed by atoms with E-state index in [-0.39, 0.29) is 10.8 Å². The maximum absolute atomic E-state index is 13.9. The van der Waals surface area contributed by atoms with Crippen molar-refractivity contribution in [3.05, 3.63) is 59.5 Å². The van der Waals surface area contributed by atoms with Crippen molar-refractivity contribution < 1.29 is 17.6 Å². The molecule has 0 N–H and O–H groups in total. The summed E-state index contributed by atoms with van der Waals surface area (Å²) in [6.45, 7) is 6.77. The summed E-state index contributed by atoms with van der Waals surface area (Å²) in [6, 6.07) is 10.3. The highest BCUT2D eigenvalue weighted by Crippen LogP contribution is 2.34. The van der Waals surface area contributed by atoms with Crippen LogP contribution in [0.5, 0.6) is 0 Å². The van der Waals surface area contributed by atoms with Crippen molar-refractivity contribution in [2.24, 2.45) is 7.05 Å². The molecule has 0 saturated carbocycles. The number of hydrogen-bond donors (Lipinski definition) is 0. The molecule has 0 bridgehead atoms. The lowest BCUT2D eigenvalue weighted by Crippen LogP contribution is -2.31. The highest BCUT2D eigenvalue weighted by atomic mass is 32.2. The van der Waals surface area contributed by atoms with Gasteiger partial charge >= 0.3 is 0 Å². The monoisotopic (exact) mass is 493 g/mol. The number of pyridine rings is 1. The van der Waals surface area contributed by atoms with E-state index in [4.69, 9.17) is 4.42 Å². The van der Waals surface area contributed by atoms with Crippen LogP contribution in [0.15, 0.2) is 52.0 Å². The third-order valence-corrected chi connectivity index (χ3v) is 8.55. The third-order valence-electron chi connectivity index (χ3n) is 6.51. The Hall–Kier alpha value is -3.50. The molecule has 3 aromatic heterocycles. The van der Waals surface area contributed by atoms with Crippen LogP contribution in [0.1, 0.15) is 35.5 Å². The van der Waals surface area contributed by atoms with Gasteiger partial charge in [-0.2, -0.15) is 9.40 Å². The molecule has 0 saturated heterocycles. The van der Waals surface area contributed by atoms with Gasteiger partial charge < -0.3 is 9.32 Å². The molecule has 0 spiro atoms. The average molecular weight is 494 g/mol. The number of benzene rings is 1. The molecule has 5 rings (SSSR count). The molecule has 1 aromatic carbocycles. The molecule has 0 aliphatic carbocycles. The highest BCUT2D eigenvalue weighted by molar-refractivity contribution is 7.89. The van der Waals surface area contributed by atoms with E-state index in [0.717, 1.165) is 11.3 Å². The number of carbonyl (C=O) groups is 1. The molecule has 0 radical (unpaired) electrons. The van der Waals surface area contributed by atoms with Crippen LogP contribution in [-0.2, 0) is 23.5 Å². The maximum atomic E-state index is 13.9. The molecule has 1 aliphatic rings. The van der Waals surface area contributed by atoms with Crippen molar-refractivity contribution in [1.82, 2.24) is 19.1 Å². The SMILES string of the molecule is CCN(CC)S(=O)(=O)c1ccc2c(c1)CCN2C(=O)c1cc(-c2ccco2)nc2c1c(C)nn2C. The molecule has 0 unspecified atom stereocenters. The molecule has 182 valence electrons. The minimum Gasteiger partial charge on any atom is -0.463 e. The number of amides is 1. The van der Waals surface area contributed by atoms with E-state index in [1.165, 1.54) is 4.31 Å². The van der Waals surface area contributed by atoms with Crippen LogP contribution in [0.4, 0.5) is 5.69 Å². The van der Waals surface area contributed by atoms with Crippen molar-refractivity contribution >= 4 is 32.7 Å². The summed E-state index contributed by atoms with van der Waals surface area (Å²) in [5.74, 6) is 0.382. The molecule has 10 heteroatoms. The number of fused-ring (bicyclic) bond motifs is 2. The number of sulfonamides is 1. The molecule has 0 fully saturated rings. The van der Waals surface area contributed by atoms with Crippen molar-refractivity contribution in [2.75, 3.05) is 24.5 Å². The number of nitrogens with zero attached hydrogens (tertiary/aromatic N) is 5. The zero-order valence-electron chi connectivity index (χ0n) is 20.1. The molecular weight excluding hydrogens is 466 g/mol. The minimum absolute atomic E-state index is 0.181. The van der Waals surface area contributed by atoms with Gasteiger partial charge in [0.05, 0.1) is 27.8 Å². The topological polar surface area (TPSA) is 102 Å². The Labute approximate surface area is 204 Å². The second-order valence-corrected chi connectivity index (χ2v) is 10.5. The van der Waals surface area contributed by atoms with E-state index < -0.39 is 10.0 Å². The zero-order chi connectivity index (χ0) is 24.9. The predicted molar refractivity (Wildman–Crippen MR) is 133 cm³/mol. The summed E-state index contributed by atoms with van der Waals surface area (Å²) in [4.78, 5) is 20.5. The van der Waals surface area contributed by atoms with Crippen LogP contribution in [-0.4, -0.2) is 53.0 Å². The summed E-state index contributed by atoms with van der Waals surface area (Å²) in [5, 5.41) is 5.18. The Morgan fingerprint density at radius 1 is 1.17 bits per heavy atom. The first-order chi connectivity index (χ1) is 16.8. The standard InChI is InChI=1S/C25H27N5O4S/c1-5-29(6-2)35(32,33)18-9-10-21-17(14-18)11-12-30(21)25(31)19-15-20(22-8-7-13-34-22)26-24-23(19)16(3)27-28(24)4/h7-10,13-15H,5-6,11-12H2,1-4H3. The van der Waals surface area contributed by atoms with E-state index in [0.29, 0.717) is 59.8 Å². The number of rotatable bonds is 6. The summed E-state index contributed by atoms with van der Waals surface area (Å²) < 4.78 is 34.6. The van der Waals surface area contributed by atoms with Crippen molar-refractivity contribution in [3.63, 3.8) is 0 Å². The first-order valence-electron chi connectivity index (χ1n) is 11.6. The van der Waals surface area contributed by atoms with E-state index in [2.05, 4.69) is 10.1 Å². The Kier molecular flexibility index (Phi) is 5.72. The van der Waals surface area contributed by atoms with Gasteiger partial charge in [-0.05, 0) is 55.3 Å². The Morgan fingerprint density at radius 2 is 1.94 bits per heavy atom. The van der Waals surface area contributed by atoms with Gasteiger partial charge in [-0.15, -0.1) is 0 Å². The number of carbonyl (C=O) groups excluding carboxylic acids is 1. The van der Waals surface area contributed by atoms with Gasteiger partial charge in [0.2, 0.25) is 10.0 Å². The molecule has 4 aromatic rings. The number of furan rings is 1. The average Bonchev–Trinajstić information content (AvgIpc) is 3.58. The van der Waals surface area contributed by atoms with E-state index in [1.807, 2.05) is 20.8 Å². The molecular formula is C25H27N5O4S. The highest BCUT2D eigenvalue weighted by Gasteiger charge is 2.31. The first-order valence-corrected chi connectivity index (χ1v) is 13.0. The summed E-state index contributed by atoms with van der Waals surface area (Å²) in [6.07, 6.45) is 2.14. The van der Waals surface area contributed by atoms with Gasteiger partial charge in [0.15, 0.2) is 11.4 Å². The van der Waals surface area contributed by atoms with Crippen LogP contribution in [0.3, 0.4) is 0 Å². The van der Waals surface area contributed by atoms with Crippen LogP contribution in [0, 0.1) is 6.92 Å². The molecule has 4 heterocycles. The quantitative estimate of drug-likeness (QED) is 0.405. The zero-order valence-corrected chi connectivity index (χ0v) is 21.0. The summed E-state index contributed by atoms with van der Waals surface area (Å²) in [5.41, 5.74) is 3.91. The lowest BCUT2D eigenvalue weighted by atomic mass is 10.1. The lowest BCUT2D eigenvalue weighted by Gasteiger charge is -2.20. The Morgan fingerprint density at radius 3 is 2.63 bits per heavy atom. The normalized spacial score (nSPS) is 13.7. The van der Waals surface area contributed by atoms with Gasteiger partial charge in [0, 0.05) is 32.4 Å². The van der Waals surface area contributed by atoms with Crippen molar-refractivity contribution in [3.8, 4) is 11.5 Å². The summed E-state index contributed by atoms with van der Waals surface area (Å²) in [7, 11) is -1.78. The number of aryl methyl sites for hydroxylation is 2. The molecule has 1 aliphatic heterocycles. The van der Waals surface area contributed by atoms with Crippen molar-refractivity contribution in [1.29, 1.82) is 0 Å². The second kappa shape index (κ2) is 8.62. The molecule has 9 nitrogen and oxygen atoms in total. The van der Waals surface area contributed by atoms with Crippen LogP contribution in [0.25, 0.3) is 22.5 Å². The van der Waals surface area contributed by atoms with Gasteiger partial charge in [-0.3, -0.25) is 9.48 Å². The Bertz CT molecular complexity index is 1540. The Balaban J connectivity index is 1.58. The van der Waals surface area contributed by atoms with Gasteiger partial charge in [-0.25, -0.2) is 13.4 Å². The maximum Gasteiger partial charge on any atom is 0.259 e. The van der Waals surface area contributed by atoms with E-state index >= 15 is 0 Å². The van der Waals surface area contributed by atoms with E-state index in [1.54, 1.807) is 59.3 Å². The molecule has 0 atom stereocenters. The number of hydrogen-bond acceptors (Lipinski definition) is 6. The van der Waals surface area contributed by atoms with E-state index in [9.17, 15) is 13.2 Å². The van der Waals surface area contributed by atoms with Gasteiger partial charge in [0.1, 0.15) is 5.69 Å². The van der Waals surface area contributed by atoms with Crippen molar-refractivity contribution in [2.45, 2.75) is 32.1 Å². The smallest absolute Gasteiger partial charge is 0.259 e.